The number of hydrogen-bond acceptors (Lipinski definition) is 3. The summed E-state index contributed by atoms with van der Waals surface area (Å²) in [7, 11) is -3.91. The molecule has 3 rings (SSSR count). The van der Waals surface area contributed by atoms with Gasteiger partial charge in [-0.25, -0.2) is 4.39 Å². The van der Waals surface area contributed by atoms with E-state index in [9.17, 15) is 12.8 Å². The van der Waals surface area contributed by atoms with E-state index >= 15 is 0 Å². The number of fused-ring (bicyclic) bond motifs is 1. The average Bonchev–Trinajstić information content (AvgIpc) is 2.86. The fourth-order valence-electron chi connectivity index (χ4n) is 2.26. The van der Waals surface area contributed by atoms with Crippen LogP contribution in [0, 0.1) is 25.1 Å². The Morgan fingerprint density at radius 2 is 1.96 bits per heavy atom. The van der Waals surface area contributed by atoms with E-state index < -0.39 is 15.8 Å². The largest absolute Gasteiger partial charge is 0.302 e. The molecule has 122 valence electrons. The monoisotopic (exact) mass is 360 g/mol. The molecule has 24 heavy (non-hydrogen) atoms. The molecule has 1 heterocycles. The lowest BCUT2D eigenvalue weighted by Gasteiger charge is -2.02. The number of hydrogen-bond donors (Lipinski definition) is 0. The van der Waals surface area contributed by atoms with Crippen LogP contribution in [0.2, 0.25) is 0 Å². The Hall–Kier alpha value is -2.43. The van der Waals surface area contributed by atoms with Gasteiger partial charge in [-0.1, -0.05) is 41.0 Å². The van der Waals surface area contributed by atoms with Crippen molar-refractivity contribution in [3.8, 4) is 12.3 Å². The highest BCUT2D eigenvalue weighted by Gasteiger charge is 2.15. The number of terminal acetylenes is 1. The Labute approximate surface area is 143 Å². The molecule has 0 unspecified atom stereocenters. The summed E-state index contributed by atoms with van der Waals surface area (Å²) in [5, 5.41) is 0. The van der Waals surface area contributed by atoms with Crippen LogP contribution in [-0.4, -0.2) is 13.0 Å². The van der Waals surface area contributed by atoms with Crippen molar-refractivity contribution in [1.29, 1.82) is 0 Å². The van der Waals surface area contributed by atoms with Crippen LogP contribution >= 0.6 is 11.3 Å². The van der Waals surface area contributed by atoms with E-state index in [2.05, 4.69) is 10.3 Å². The number of sulfonamides is 1. The van der Waals surface area contributed by atoms with Gasteiger partial charge in [-0.05, 0) is 31.2 Å². The second-order valence-electron chi connectivity index (χ2n) is 5.14. The molecule has 3 aromatic rings. The summed E-state index contributed by atoms with van der Waals surface area (Å²) in [5.41, 5.74) is 1.21. The number of benzene rings is 2. The molecule has 2 aromatic carbocycles. The minimum Gasteiger partial charge on any atom is -0.302 e. The molecule has 0 saturated heterocycles. The third-order valence-corrected chi connectivity index (χ3v) is 5.86. The maximum Gasteiger partial charge on any atom is 0.285 e. The Morgan fingerprint density at radius 3 is 2.62 bits per heavy atom. The molecule has 0 spiro atoms. The number of rotatable bonds is 3. The molecule has 0 aliphatic carbocycles. The molecule has 0 aliphatic rings. The molecule has 1 aromatic heterocycles. The fraction of sp³-hybridized carbons (Fsp3) is 0.118. The quantitative estimate of drug-likeness (QED) is 0.674. The molecule has 0 atom stereocenters. The van der Waals surface area contributed by atoms with Crippen LogP contribution in [0.3, 0.4) is 0 Å². The highest BCUT2D eigenvalue weighted by molar-refractivity contribution is 7.90. The van der Waals surface area contributed by atoms with Gasteiger partial charge in [-0.2, -0.15) is 8.42 Å². The zero-order valence-corrected chi connectivity index (χ0v) is 14.4. The zero-order chi connectivity index (χ0) is 17.3. The standard InChI is InChI=1S/C17H13FN2O2S2/c1-3-11-20-16-14(18)5-4-6-15(16)23-17(20)19-24(21,22)13-9-7-12(2)8-10-13/h1,4-10H,11H2,2H3/b19-17-. The first-order valence-electron chi connectivity index (χ1n) is 7.01. The lowest BCUT2D eigenvalue weighted by atomic mass is 10.2. The van der Waals surface area contributed by atoms with Gasteiger partial charge in [-0.3, -0.25) is 0 Å². The van der Waals surface area contributed by atoms with E-state index in [1.165, 1.54) is 22.8 Å². The number of para-hydroxylation sites is 1. The van der Waals surface area contributed by atoms with Gasteiger partial charge in [0.1, 0.15) is 5.82 Å². The zero-order valence-electron chi connectivity index (χ0n) is 12.7. The Morgan fingerprint density at radius 1 is 1.25 bits per heavy atom. The first kappa shape index (κ1) is 16.4. The van der Waals surface area contributed by atoms with E-state index in [-0.39, 0.29) is 21.8 Å². The second-order valence-corrected chi connectivity index (χ2v) is 7.75. The van der Waals surface area contributed by atoms with Crippen LogP contribution in [0.5, 0.6) is 0 Å². The molecule has 0 radical (unpaired) electrons. The molecule has 0 bridgehead atoms. The predicted octanol–water partition coefficient (Wildman–Crippen LogP) is 3.07. The van der Waals surface area contributed by atoms with E-state index in [0.29, 0.717) is 4.70 Å². The minimum atomic E-state index is -3.91. The first-order valence-corrected chi connectivity index (χ1v) is 9.27. The lowest BCUT2D eigenvalue weighted by molar-refractivity contribution is 0.595. The van der Waals surface area contributed by atoms with Gasteiger partial charge in [0.15, 0.2) is 0 Å². The summed E-state index contributed by atoms with van der Waals surface area (Å²) in [4.78, 5) is 0.229. The summed E-state index contributed by atoms with van der Waals surface area (Å²) >= 11 is 1.08. The van der Waals surface area contributed by atoms with Crippen molar-refractivity contribution in [3.63, 3.8) is 0 Å². The topological polar surface area (TPSA) is 51.4 Å². The SMILES string of the molecule is C#CCn1/c(=N/S(=O)(=O)c2ccc(C)cc2)sc2cccc(F)c21. The molecule has 0 fully saturated rings. The van der Waals surface area contributed by atoms with Crippen molar-refractivity contribution in [2.75, 3.05) is 0 Å². The molecule has 0 aliphatic heterocycles. The number of aromatic nitrogens is 1. The molecular formula is C17H13FN2O2S2. The molecule has 0 saturated carbocycles. The number of thiazole rings is 1. The highest BCUT2D eigenvalue weighted by atomic mass is 32.2. The Kier molecular flexibility index (Phi) is 4.26. The highest BCUT2D eigenvalue weighted by Crippen LogP contribution is 2.21. The molecule has 0 N–H and O–H groups in total. The second kappa shape index (κ2) is 6.23. The van der Waals surface area contributed by atoms with Crippen LogP contribution in [0.1, 0.15) is 5.56 Å². The van der Waals surface area contributed by atoms with Crippen molar-refractivity contribution < 1.29 is 12.8 Å². The summed E-state index contributed by atoms with van der Waals surface area (Å²) in [5.74, 6) is 1.95. The first-order chi connectivity index (χ1) is 11.4. The van der Waals surface area contributed by atoms with Gasteiger partial charge in [0.25, 0.3) is 10.0 Å². The van der Waals surface area contributed by atoms with Gasteiger partial charge in [0.05, 0.1) is 21.7 Å². The predicted molar refractivity (Wildman–Crippen MR) is 92.5 cm³/mol. The van der Waals surface area contributed by atoms with Gasteiger partial charge in [0.2, 0.25) is 4.80 Å². The third-order valence-electron chi connectivity index (χ3n) is 3.42. The fourth-order valence-corrected chi connectivity index (χ4v) is 4.51. The van der Waals surface area contributed by atoms with Crippen LogP contribution in [0.4, 0.5) is 4.39 Å². The number of nitrogens with zero attached hydrogens (tertiary/aromatic N) is 2. The molecule has 7 heteroatoms. The van der Waals surface area contributed by atoms with Crippen LogP contribution in [0.25, 0.3) is 10.2 Å². The maximum atomic E-state index is 14.1. The summed E-state index contributed by atoms with van der Waals surface area (Å²) in [6, 6.07) is 11.0. The van der Waals surface area contributed by atoms with Gasteiger partial charge in [-0.15, -0.1) is 10.8 Å². The lowest BCUT2D eigenvalue weighted by Crippen LogP contribution is -2.17. The van der Waals surface area contributed by atoms with Gasteiger partial charge in [0, 0.05) is 0 Å². The van der Waals surface area contributed by atoms with Crippen molar-refractivity contribution in [2.45, 2.75) is 18.4 Å². The van der Waals surface area contributed by atoms with Crippen LogP contribution < -0.4 is 4.80 Å². The van der Waals surface area contributed by atoms with Crippen molar-refractivity contribution in [2.24, 2.45) is 4.40 Å². The summed E-state index contributed by atoms with van der Waals surface area (Å²) in [6.07, 6.45) is 5.34. The molecule has 4 nitrogen and oxygen atoms in total. The molecular weight excluding hydrogens is 347 g/mol. The minimum absolute atomic E-state index is 0.0309. The van der Waals surface area contributed by atoms with E-state index in [1.54, 1.807) is 24.3 Å². The van der Waals surface area contributed by atoms with Crippen LogP contribution in [-0.2, 0) is 16.6 Å². The van der Waals surface area contributed by atoms with Crippen molar-refractivity contribution in [1.82, 2.24) is 4.57 Å². The summed E-state index contributed by atoms with van der Waals surface area (Å²) in [6.45, 7) is 1.90. The number of halogens is 1. The normalized spacial score (nSPS) is 12.5. The summed E-state index contributed by atoms with van der Waals surface area (Å²) < 4.78 is 45.0. The smallest absolute Gasteiger partial charge is 0.285 e. The van der Waals surface area contributed by atoms with E-state index in [4.69, 9.17) is 6.42 Å². The maximum absolute atomic E-state index is 14.1. The number of aryl methyl sites for hydroxylation is 1. The van der Waals surface area contributed by atoms with E-state index in [1.807, 2.05) is 6.92 Å². The van der Waals surface area contributed by atoms with E-state index in [0.717, 1.165) is 16.9 Å². The molecule has 0 amide bonds. The van der Waals surface area contributed by atoms with Gasteiger partial charge >= 0.3 is 0 Å². The average molecular weight is 360 g/mol. The van der Waals surface area contributed by atoms with Crippen LogP contribution in [0.15, 0.2) is 51.8 Å². The Balaban J connectivity index is 2.27. The Bertz CT molecular complexity index is 1120. The third kappa shape index (κ3) is 2.98. The van der Waals surface area contributed by atoms with Crippen molar-refractivity contribution in [3.05, 3.63) is 58.6 Å². The van der Waals surface area contributed by atoms with Gasteiger partial charge < -0.3 is 4.57 Å². The van der Waals surface area contributed by atoms with Crippen molar-refractivity contribution >= 4 is 31.6 Å².